The zero-order chi connectivity index (χ0) is 25.3. The average Bonchev–Trinajstić information content (AvgIpc) is 2.85. The first-order valence-corrected chi connectivity index (χ1v) is 13.1. The first-order chi connectivity index (χ1) is 16.8. The number of aromatic amines is 1. The van der Waals surface area contributed by atoms with Gasteiger partial charge < -0.3 is 10.3 Å². The largest absolute Gasteiger partial charge is 0.335 e. The second kappa shape index (κ2) is 12.3. The van der Waals surface area contributed by atoms with E-state index in [1.165, 1.54) is 18.5 Å². The van der Waals surface area contributed by atoms with Crippen LogP contribution >= 0.6 is 0 Å². The molecule has 1 aromatic heterocycles. The number of fused-ring (bicyclic) bond motifs is 1. The molecule has 0 unspecified atom stereocenters. The van der Waals surface area contributed by atoms with Gasteiger partial charge in [0.05, 0.1) is 22.1 Å². The molecular formula is C25H30N4O5S. The quantitative estimate of drug-likeness (QED) is 0.476. The molecule has 9 nitrogen and oxygen atoms in total. The van der Waals surface area contributed by atoms with E-state index in [-0.39, 0.29) is 28.7 Å². The highest BCUT2D eigenvalue weighted by Gasteiger charge is 2.21. The van der Waals surface area contributed by atoms with Crippen molar-refractivity contribution in [3.8, 4) is 0 Å². The highest BCUT2D eigenvalue weighted by atomic mass is 32.2. The van der Waals surface area contributed by atoms with Crippen molar-refractivity contribution in [2.75, 3.05) is 0 Å². The summed E-state index contributed by atoms with van der Waals surface area (Å²) in [6.45, 7) is 1.79. The van der Waals surface area contributed by atoms with Crippen LogP contribution in [0.1, 0.15) is 51.0 Å². The maximum atomic E-state index is 12.2. The maximum Gasteiger partial charge on any atom is 0.328 e. The number of rotatable bonds is 6. The molecule has 0 aliphatic heterocycles. The number of nitrogens with one attached hydrogen (secondary N) is 3. The van der Waals surface area contributed by atoms with Crippen LogP contribution in [0.2, 0.25) is 0 Å². The Labute approximate surface area is 204 Å². The molecule has 0 radical (unpaired) electrons. The summed E-state index contributed by atoms with van der Waals surface area (Å²) in [5, 5.41) is 3.35. The van der Waals surface area contributed by atoms with Gasteiger partial charge >= 0.3 is 6.03 Å². The third kappa shape index (κ3) is 7.74. The Balaban J connectivity index is 0.000000256. The number of amides is 2. The molecular weight excluding hydrogens is 468 g/mol. The van der Waals surface area contributed by atoms with E-state index in [2.05, 4.69) is 15.3 Å². The summed E-state index contributed by atoms with van der Waals surface area (Å²) in [4.78, 5) is 40.9. The highest BCUT2D eigenvalue weighted by molar-refractivity contribution is 7.90. The molecule has 0 atom stereocenters. The van der Waals surface area contributed by atoms with Gasteiger partial charge in [0.2, 0.25) is 0 Å². The fraction of sp³-hybridized carbons (Fsp3) is 0.360. The minimum Gasteiger partial charge on any atom is -0.335 e. The number of para-hydroxylation sites is 1. The number of ketones is 1. The molecule has 1 aliphatic rings. The summed E-state index contributed by atoms with van der Waals surface area (Å²) in [6, 6.07) is 12.6. The zero-order valence-electron chi connectivity index (χ0n) is 19.6. The minimum absolute atomic E-state index is 0.00833. The molecule has 0 saturated heterocycles. The lowest BCUT2D eigenvalue weighted by atomic mass is 9.96. The number of aromatic nitrogens is 2. The summed E-state index contributed by atoms with van der Waals surface area (Å²) in [6.07, 6.45) is 7.16. The normalized spacial score (nSPS) is 14.0. The molecule has 0 bridgehead atoms. The van der Waals surface area contributed by atoms with Crippen molar-refractivity contribution in [1.82, 2.24) is 20.0 Å². The van der Waals surface area contributed by atoms with Crippen LogP contribution in [0.15, 0.2) is 64.5 Å². The van der Waals surface area contributed by atoms with Crippen LogP contribution in [-0.4, -0.2) is 36.2 Å². The van der Waals surface area contributed by atoms with E-state index in [1.54, 1.807) is 25.1 Å². The molecule has 4 rings (SSSR count). The van der Waals surface area contributed by atoms with Crippen molar-refractivity contribution < 1.29 is 18.0 Å². The Morgan fingerprint density at radius 2 is 1.71 bits per heavy atom. The average molecular weight is 499 g/mol. The molecule has 10 heteroatoms. The number of carbonyl (C=O) groups is 2. The number of H-pyrrole nitrogens is 1. The zero-order valence-corrected chi connectivity index (χ0v) is 20.4. The molecule has 1 heterocycles. The predicted molar refractivity (Wildman–Crippen MR) is 134 cm³/mol. The van der Waals surface area contributed by atoms with E-state index in [0.717, 1.165) is 43.2 Å². The lowest BCUT2D eigenvalue weighted by Crippen LogP contribution is -2.45. The number of benzene rings is 2. The number of sulfonamides is 1. The molecule has 1 saturated carbocycles. The molecule has 35 heavy (non-hydrogen) atoms. The third-order valence-corrected chi connectivity index (χ3v) is 7.09. The minimum atomic E-state index is -3.91. The molecule has 2 amide bonds. The molecule has 1 fully saturated rings. The van der Waals surface area contributed by atoms with Crippen molar-refractivity contribution in [3.05, 3.63) is 70.8 Å². The van der Waals surface area contributed by atoms with Crippen LogP contribution in [0.4, 0.5) is 4.79 Å². The van der Waals surface area contributed by atoms with Gasteiger partial charge in [-0.25, -0.2) is 22.9 Å². The topological polar surface area (TPSA) is 138 Å². The first kappa shape index (κ1) is 26.1. The van der Waals surface area contributed by atoms with E-state index in [1.807, 2.05) is 22.9 Å². The predicted octanol–water partition coefficient (Wildman–Crippen LogP) is 3.45. The number of nitrogens with zero attached hydrogens (tertiary/aromatic N) is 1. The standard InChI is InChI=1S/C17H24N2O4S.C8H6N2O/c1-2-15(20)12-13-8-10-16(11-9-13)24(22,23)19-17(21)18-14-6-4-3-5-7-14;11-8-6-3-1-2-4-7(6)9-5-10-8/h8-11,14H,2-7,12H2,1H3,(H2,18,19,21);1-5H,(H,9,10,11). The van der Waals surface area contributed by atoms with E-state index >= 15 is 0 Å². The fourth-order valence-electron chi connectivity index (χ4n) is 3.80. The van der Waals surface area contributed by atoms with Gasteiger partial charge in [0, 0.05) is 18.9 Å². The third-order valence-electron chi connectivity index (χ3n) is 5.74. The van der Waals surface area contributed by atoms with E-state index < -0.39 is 16.1 Å². The van der Waals surface area contributed by atoms with Gasteiger partial charge in [-0.15, -0.1) is 0 Å². The Hall–Kier alpha value is -3.53. The summed E-state index contributed by atoms with van der Waals surface area (Å²) < 4.78 is 26.5. The van der Waals surface area contributed by atoms with Crippen molar-refractivity contribution in [2.45, 2.75) is 62.8 Å². The number of Topliss-reactive ketones (excluding diaryl/α,β-unsaturated/α-hetero) is 1. The van der Waals surface area contributed by atoms with Gasteiger partial charge in [-0.1, -0.05) is 50.5 Å². The van der Waals surface area contributed by atoms with Crippen LogP contribution in [-0.2, 0) is 21.2 Å². The Morgan fingerprint density at radius 3 is 2.37 bits per heavy atom. The molecule has 0 spiro atoms. The number of urea groups is 1. The lowest BCUT2D eigenvalue weighted by Gasteiger charge is -2.22. The van der Waals surface area contributed by atoms with Crippen LogP contribution in [0.25, 0.3) is 10.9 Å². The Kier molecular flexibility index (Phi) is 9.13. The monoisotopic (exact) mass is 498 g/mol. The smallest absolute Gasteiger partial charge is 0.328 e. The summed E-state index contributed by atoms with van der Waals surface area (Å²) in [5.74, 6) is 0.0931. The van der Waals surface area contributed by atoms with Crippen molar-refractivity contribution in [2.24, 2.45) is 0 Å². The molecule has 3 aromatic rings. The van der Waals surface area contributed by atoms with Crippen molar-refractivity contribution in [1.29, 1.82) is 0 Å². The summed E-state index contributed by atoms with van der Waals surface area (Å²) in [7, 11) is -3.91. The summed E-state index contributed by atoms with van der Waals surface area (Å²) >= 11 is 0. The van der Waals surface area contributed by atoms with E-state index in [0.29, 0.717) is 11.8 Å². The van der Waals surface area contributed by atoms with Gasteiger partial charge in [0.1, 0.15) is 5.78 Å². The lowest BCUT2D eigenvalue weighted by molar-refractivity contribution is -0.118. The van der Waals surface area contributed by atoms with Crippen LogP contribution in [0.3, 0.4) is 0 Å². The molecule has 1 aliphatic carbocycles. The second-order valence-electron chi connectivity index (χ2n) is 8.38. The Morgan fingerprint density at radius 1 is 1.03 bits per heavy atom. The van der Waals surface area contributed by atoms with Gasteiger partial charge in [0.15, 0.2) is 0 Å². The molecule has 2 aromatic carbocycles. The first-order valence-electron chi connectivity index (χ1n) is 11.6. The van der Waals surface area contributed by atoms with Gasteiger partial charge in [0.25, 0.3) is 15.6 Å². The van der Waals surface area contributed by atoms with Crippen LogP contribution < -0.4 is 15.6 Å². The van der Waals surface area contributed by atoms with Crippen molar-refractivity contribution in [3.63, 3.8) is 0 Å². The van der Waals surface area contributed by atoms with Gasteiger partial charge in [-0.05, 0) is 42.7 Å². The molecule has 3 N–H and O–H groups in total. The number of hydrogen-bond donors (Lipinski definition) is 3. The van der Waals surface area contributed by atoms with Gasteiger partial charge in [-0.3, -0.25) is 9.59 Å². The number of hydrogen-bond acceptors (Lipinski definition) is 6. The summed E-state index contributed by atoms with van der Waals surface area (Å²) in [5.41, 5.74) is 1.40. The second-order valence-corrected chi connectivity index (χ2v) is 10.1. The SMILES string of the molecule is CCC(=O)Cc1ccc(S(=O)(=O)NC(=O)NC2CCCCC2)cc1.O=c1[nH]cnc2ccccc12. The van der Waals surface area contributed by atoms with E-state index in [9.17, 15) is 22.8 Å². The fourth-order valence-corrected chi connectivity index (χ4v) is 4.71. The van der Waals surface area contributed by atoms with Crippen LogP contribution in [0, 0.1) is 0 Å². The number of carbonyl (C=O) groups excluding carboxylic acids is 2. The Bertz CT molecular complexity index is 1310. The maximum absolute atomic E-state index is 12.2. The van der Waals surface area contributed by atoms with E-state index in [4.69, 9.17) is 0 Å². The van der Waals surface area contributed by atoms with Gasteiger partial charge in [-0.2, -0.15) is 0 Å². The molecule has 186 valence electrons. The van der Waals surface area contributed by atoms with Crippen LogP contribution in [0.5, 0.6) is 0 Å². The highest BCUT2D eigenvalue weighted by Crippen LogP contribution is 2.17. The van der Waals surface area contributed by atoms with Crippen molar-refractivity contribution >= 4 is 32.7 Å².